The Kier molecular flexibility index (Phi) is 10.3. The Labute approximate surface area is 164 Å². The van der Waals surface area contributed by atoms with E-state index < -0.39 is 0 Å². The molecule has 0 aromatic carbocycles. The first kappa shape index (κ1) is 23.0. The minimum Gasteiger partial charge on any atom is -0.352 e. The number of nitrogens with one attached hydrogen (secondary N) is 2. The zero-order chi connectivity index (χ0) is 18.2. The molecule has 2 rings (SSSR count). The number of likely N-dealkylation sites (tertiary alicyclic amines) is 1. The van der Waals surface area contributed by atoms with E-state index in [0.29, 0.717) is 31.5 Å². The molecule has 152 valence electrons. The van der Waals surface area contributed by atoms with Crippen molar-refractivity contribution in [2.75, 3.05) is 26.2 Å². The highest BCUT2D eigenvalue weighted by Gasteiger charge is 2.31. The van der Waals surface area contributed by atoms with Crippen LogP contribution in [0.25, 0.3) is 0 Å². The predicted molar refractivity (Wildman–Crippen MR) is 107 cm³/mol. The average Bonchev–Trinajstić information content (AvgIpc) is 2.64. The molecule has 2 atom stereocenters. The van der Waals surface area contributed by atoms with E-state index >= 15 is 0 Å². The fraction of sp³-hybridized carbons (Fsp3) is 0.895. The summed E-state index contributed by atoms with van der Waals surface area (Å²) in [6, 6.07) is 0.0341. The molecule has 0 radical (unpaired) electrons. The van der Waals surface area contributed by atoms with E-state index in [-0.39, 0.29) is 36.3 Å². The topological polar surface area (TPSA) is 87.5 Å². The third-order valence-corrected chi connectivity index (χ3v) is 5.54. The Morgan fingerprint density at radius 3 is 2.42 bits per heavy atom. The van der Waals surface area contributed by atoms with Gasteiger partial charge in [0.05, 0.1) is 5.92 Å². The highest BCUT2D eigenvalue weighted by molar-refractivity contribution is 5.85. The van der Waals surface area contributed by atoms with Gasteiger partial charge in [0.2, 0.25) is 5.91 Å². The third kappa shape index (κ3) is 6.95. The molecule has 2 unspecified atom stereocenters. The largest absolute Gasteiger partial charge is 0.352 e. The maximum Gasteiger partial charge on any atom is 0.317 e. The van der Waals surface area contributed by atoms with Crippen molar-refractivity contribution in [2.24, 2.45) is 23.5 Å². The summed E-state index contributed by atoms with van der Waals surface area (Å²) in [5.74, 6) is 0.893. The molecule has 1 saturated heterocycles. The van der Waals surface area contributed by atoms with Crippen molar-refractivity contribution in [3.63, 3.8) is 0 Å². The highest BCUT2D eigenvalue weighted by Crippen LogP contribution is 2.26. The molecule has 0 spiro atoms. The lowest BCUT2D eigenvalue weighted by Crippen LogP contribution is -2.53. The van der Waals surface area contributed by atoms with Gasteiger partial charge in [-0.2, -0.15) is 0 Å². The Balaban J connectivity index is 0.00000338. The van der Waals surface area contributed by atoms with Crippen molar-refractivity contribution in [2.45, 2.75) is 64.8 Å². The zero-order valence-electron chi connectivity index (χ0n) is 16.3. The molecule has 0 aromatic heterocycles. The lowest BCUT2D eigenvalue weighted by molar-refractivity contribution is -0.127. The number of amides is 3. The van der Waals surface area contributed by atoms with E-state index in [0.717, 1.165) is 32.2 Å². The second kappa shape index (κ2) is 11.7. The fourth-order valence-electron chi connectivity index (χ4n) is 3.99. The van der Waals surface area contributed by atoms with Crippen LogP contribution in [-0.4, -0.2) is 49.1 Å². The van der Waals surface area contributed by atoms with Crippen LogP contribution in [0.4, 0.5) is 4.79 Å². The van der Waals surface area contributed by atoms with Gasteiger partial charge in [0.15, 0.2) is 0 Å². The standard InChI is InChI=1S/C19H36N4O2.ClH/c1-14(2)12-21-19(25)23-10-6-9-16(13-23)18(24)22-17(11-20)15-7-4-3-5-8-15;/h14-17H,3-13,20H2,1-2H3,(H,21,25)(H,22,24);1H. The summed E-state index contributed by atoms with van der Waals surface area (Å²) >= 11 is 0. The van der Waals surface area contributed by atoms with Crippen LogP contribution in [0.2, 0.25) is 0 Å². The Hall–Kier alpha value is -1.01. The van der Waals surface area contributed by atoms with E-state index in [1.807, 2.05) is 0 Å². The lowest BCUT2D eigenvalue weighted by atomic mass is 9.83. The molecule has 0 bridgehead atoms. The molecule has 6 nitrogen and oxygen atoms in total. The monoisotopic (exact) mass is 388 g/mol. The molecule has 3 amide bonds. The number of hydrogen-bond acceptors (Lipinski definition) is 3. The number of hydrogen-bond donors (Lipinski definition) is 3. The second-order valence-corrected chi connectivity index (χ2v) is 8.11. The van der Waals surface area contributed by atoms with E-state index in [9.17, 15) is 9.59 Å². The maximum absolute atomic E-state index is 12.7. The van der Waals surface area contributed by atoms with Crippen molar-refractivity contribution in [3.8, 4) is 0 Å². The molecular weight excluding hydrogens is 352 g/mol. The van der Waals surface area contributed by atoms with Crippen LogP contribution in [0.1, 0.15) is 58.8 Å². The van der Waals surface area contributed by atoms with Gasteiger partial charge in [0, 0.05) is 32.2 Å². The molecule has 1 saturated carbocycles. The first-order valence-corrected chi connectivity index (χ1v) is 10.0. The Morgan fingerprint density at radius 2 is 1.81 bits per heavy atom. The average molecular weight is 389 g/mol. The Morgan fingerprint density at radius 1 is 1.12 bits per heavy atom. The van der Waals surface area contributed by atoms with Gasteiger partial charge in [-0.25, -0.2) is 4.79 Å². The molecular formula is C19H37ClN4O2. The molecule has 26 heavy (non-hydrogen) atoms. The summed E-state index contributed by atoms with van der Waals surface area (Å²) in [5.41, 5.74) is 5.94. The summed E-state index contributed by atoms with van der Waals surface area (Å²) < 4.78 is 0. The van der Waals surface area contributed by atoms with E-state index in [2.05, 4.69) is 24.5 Å². The predicted octanol–water partition coefficient (Wildman–Crippen LogP) is 2.51. The van der Waals surface area contributed by atoms with Gasteiger partial charge in [0.1, 0.15) is 0 Å². The number of nitrogens with two attached hydrogens (primary N) is 1. The van der Waals surface area contributed by atoms with E-state index in [1.165, 1.54) is 19.3 Å². The third-order valence-electron chi connectivity index (χ3n) is 5.54. The van der Waals surface area contributed by atoms with Crippen LogP contribution >= 0.6 is 12.4 Å². The van der Waals surface area contributed by atoms with Crippen LogP contribution in [0.5, 0.6) is 0 Å². The normalized spacial score (nSPS) is 22.5. The summed E-state index contributed by atoms with van der Waals surface area (Å²) in [6.07, 6.45) is 7.83. The van der Waals surface area contributed by atoms with Crippen molar-refractivity contribution in [1.29, 1.82) is 0 Å². The van der Waals surface area contributed by atoms with Crippen LogP contribution < -0.4 is 16.4 Å². The second-order valence-electron chi connectivity index (χ2n) is 8.11. The molecule has 1 heterocycles. The summed E-state index contributed by atoms with van der Waals surface area (Å²) in [7, 11) is 0. The number of urea groups is 1. The fourth-order valence-corrected chi connectivity index (χ4v) is 3.99. The molecule has 7 heteroatoms. The SMILES string of the molecule is CC(C)CNC(=O)N1CCCC(C(=O)NC(CN)C2CCCCC2)C1.Cl. The van der Waals surface area contributed by atoms with Crippen molar-refractivity contribution < 1.29 is 9.59 Å². The maximum atomic E-state index is 12.7. The van der Waals surface area contributed by atoms with Crippen molar-refractivity contribution in [3.05, 3.63) is 0 Å². The number of piperidine rings is 1. The summed E-state index contributed by atoms with van der Waals surface area (Å²) in [6.45, 7) is 6.56. The van der Waals surface area contributed by atoms with Gasteiger partial charge in [-0.15, -0.1) is 12.4 Å². The van der Waals surface area contributed by atoms with Gasteiger partial charge < -0.3 is 21.3 Å². The van der Waals surface area contributed by atoms with Gasteiger partial charge >= 0.3 is 6.03 Å². The van der Waals surface area contributed by atoms with Gasteiger partial charge in [-0.05, 0) is 37.5 Å². The minimum atomic E-state index is -0.115. The van der Waals surface area contributed by atoms with Crippen LogP contribution in [0, 0.1) is 17.8 Å². The number of halogens is 1. The lowest BCUT2D eigenvalue weighted by Gasteiger charge is -2.35. The molecule has 2 fully saturated rings. The first-order valence-electron chi connectivity index (χ1n) is 10.0. The molecule has 1 aliphatic heterocycles. The molecule has 2 aliphatic rings. The van der Waals surface area contributed by atoms with Gasteiger partial charge in [0.25, 0.3) is 0 Å². The molecule has 1 aliphatic carbocycles. The highest BCUT2D eigenvalue weighted by atomic mass is 35.5. The number of rotatable bonds is 6. The van der Waals surface area contributed by atoms with E-state index in [4.69, 9.17) is 5.73 Å². The number of nitrogens with zero attached hydrogens (tertiary/aromatic N) is 1. The zero-order valence-corrected chi connectivity index (χ0v) is 17.2. The quantitative estimate of drug-likeness (QED) is 0.653. The molecule has 4 N–H and O–H groups in total. The Bertz CT molecular complexity index is 441. The van der Waals surface area contributed by atoms with Crippen molar-refractivity contribution >= 4 is 24.3 Å². The number of carbonyl (C=O) groups is 2. The van der Waals surface area contributed by atoms with Crippen LogP contribution in [0.3, 0.4) is 0 Å². The van der Waals surface area contributed by atoms with Gasteiger partial charge in [-0.1, -0.05) is 33.1 Å². The van der Waals surface area contributed by atoms with Gasteiger partial charge in [-0.3, -0.25) is 4.79 Å². The number of carbonyl (C=O) groups excluding carboxylic acids is 2. The minimum absolute atomic E-state index is 0. The molecule has 0 aromatic rings. The van der Waals surface area contributed by atoms with Crippen LogP contribution in [-0.2, 0) is 4.79 Å². The van der Waals surface area contributed by atoms with Crippen molar-refractivity contribution in [1.82, 2.24) is 15.5 Å². The summed E-state index contributed by atoms with van der Waals surface area (Å²) in [4.78, 5) is 26.8. The van der Waals surface area contributed by atoms with Crippen LogP contribution in [0.15, 0.2) is 0 Å². The van der Waals surface area contributed by atoms with E-state index in [1.54, 1.807) is 4.90 Å². The first-order chi connectivity index (χ1) is 12.0. The smallest absolute Gasteiger partial charge is 0.317 e. The summed E-state index contributed by atoms with van der Waals surface area (Å²) in [5, 5.41) is 6.14.